The molecule has 0 aliphatic heterocycles. The lowest BCUT2D eigenvalue weighted by atomic mass is 10.1. The van der Waals surface area contributed by atoms with Gasteiger partial charge in [-0.25, -0.2) is 12.8 Å². The van der Waals surface area contributed by atoms with Crippen LogP contribution in [0.1, 0.15) is 18.5 Å². The van der Waals surface area contributed by atoms with Gasteiger partial charge in [-0.3, -0.25) is 0 Å². The average molecular weight is 353 g/mol. The van der Waals surface area contributed by atoms with Crippen LogP contribution in [0.4, 0.5) is 4.39 Å². The van der Waals surface area contributed by atoms with Gasteiger partial charge in [0.1, 0.15) is 5.82 Å². The zero-order valence-electron chi connectivity index (χ0n) is 14.0. The molecule has 0 spiro atoms. The summed E-state index contributed by atoms with van der Waals surface area (Å²) in [4.78, 5) is 0.0941. The first-order valence-corrected chi connectivity index (χ1v) is 8.70. The minimum Gasteiger partial charge on any atom is -0.493 e. The van der Waals surface area contributed by atoms with Gasteiger partial charge in [-0.1, -0.05) is 12.1 Å². The van der Waals surface area contributed by atoms with Gasteiger partial charge in [-0.05, 0) is 36.8 Å². The van der Waals surface area contributed by atoms with Crippen molar-refractivity contribution in [2.45, 2.75) is 17.9 Å². The van der Waals surface area contributed by atoms with E-state index in [2.05, 4.69) is 0 Å². The maximum atomic E-state index is 13.0. The Balaban J connectivity index is 2.36. The highest BCUT2D eigenvalue weighted by molar-refractivity contribution is 7.89. The van der Waals surface area contributed by atoms with E-state index in [-0.39, 0.29) is 10.7 Å². The number of benzene rings is 2. The zero-order chi connectivity index (χ0) is 17.9. The maximum Gasteiger partial charge on any atom is 0.243 e. The van der Waals surface area contributed by atoms with Gasteiger partial charge in [-0.15, -0.1) is 0 Å². The Morgan fingerprint density at radius 1 is 1.00 bits per heavy atom. The van der Waals surface area contributed by atoms with Gasteiger partial charge in [0.2, 0.25) is 10.0 Å². The summed E-state index contributed by atoms with van der Waals surface area (Å²) in [6.45, 7) is 1.74. The predicted molar refractivity (Wildman–Crippen MR) is 89.3 cm³/mol. The Morgan fingerprint density at radius 2 is 1.58 bits per heavy atom. The first-order valence-electron chi connectivity index (χ1n) is 7.26. The molecule has 1 atom stereocenters. The van der Waals surface area contributed by atoms with Crippen LogP contribution < -0.4 is 9.47 Å². The fraction of sp³-hybridized carbons (Fsp3) is 0.294. The van der Waals surface area contributed by atoms with E-state index in [1.165, 1.54) is 49.8 Å². The highest BCUT2D eigenvalue weighted by Gasteiger charge is 2.27. The number of methoxy groups -OCH3 is 2. The number of rotatable bonds is 6. The minimum atomic E-state index is -3.75. The van der Waals surface area contributed by atoms with Crippen molar-refractivity contribution in [3.8, 4) is 11.5 Å². The van der Waals surface area contributed by atoms with E-state index in [1.807, 2.05) is 0 Å². The molecular weight excluding hydrogens is 333 g/mol. The Bertz CT molecular complexity index is 806. The molecule has 130 valence electrons. The molecule has 0 heterocycles. The standard InChI is InChI=1S/C17H20FNO4S/c1-12(13-5-7-14(18)8-6-13)19(2)24(20,21)15-9-10-16(22-3)17(11-15)23-4/h5-12H,1-4H3/t12-/m0/s1. The fourth-order valence-electron chi connectivity index (χ4n) is 2.30. The number of ether oxygens (including phenoxy) is 2. The molecule has 2 rings (SSSR count). The molecule has 0 aliphatic rings. The van der Waals surface area contributed by atoms with Crippen molar-refractivity contribution in [2.75, 3.05) is 21.3 Å². The SMILES string of the molecule is COc1ccc(S(=O)(=O)N(C)[C@@H](C)c2ccc(F)cc2)cc1OC. The lowest BCUT2D eigenvalue weighted by Crippen LogP contribution is -2.29. The van der Waals surface area contributed by atoms with Gasteiger partial charge in [0.15, 0.2) is 11.5 Å². The number of halogens is 1. The second kappa shape index (κ2) is 7.19. The number of sulfonamides is 1. The van der Waals surface area contributed by atoms with Gasteiger partial charge in [-0.2, -0.15) is 4.31 Å². The summed E-state index contributed by atoms with van der Waals surface area (Å²) in [5.41, 5.74) is 0.697. The topological polar surface area (TPSA) is 55.8 Å². The van der Waals surface area contributed by atoms with E-state index in [9.17, 15) is 12.8 Å². The molecular formula is C17H20FNO4S. The number of hydrogen-bond donors (Lipinski definition) is 0. The van der Waals surface area contributed by atoms with Crippen LogP contribution in [0.5, 0.6) is 11.5 Å². The van der Waals surface area contributed by atoms with E-state index in [1.54, 1.807) is 25.1 Å². The molecule has 0 N–H and O–H groups in total. The first kappa shape index (κ1) is 18.2. The molecule has 0 radical (unpaired) electrons. The van der Waals surface area contributed by atoms with Crippen LogP contribution in [0.15, 0.2) is 47.4 Å². The van der Waals surface area contributed by atoms with Crippen molar-refractivity contribution in [1.29, 1.82) is 0 Å². The molecule has 24 heavy (non-hydrogen) atoms. The molecule has 0 unspecified atom stereocenters. The van der Waals surface area contributed by atoms with E-state index in [4.69, 9.17) is 9.47 Å². The number of hydrogen-bond acceptors (Lipinski definition) is 4. The van der Waals surface area contributed by atoms with Crippen molar-refractivity contribution in [2.24, 2.45) is 0 Å². The largest absolute Gasteiger partial charge is 0.493 e. The van der Waals surface area contributed by atoms with Gasteiger partial charge in [0, 0.05) is 19.2 Å². The molecule has 2 aromatic carbocycles. The second-order valence-corrected chi connectivity index (χ2v) is 7.26. The van der Waals surface area contributed by atoms with Crippen molar-refractivity contribution in [3.05, 3.63) is 53.8 Å². The smallest absolute Gasteiger partial charge is 0.243 e. The van der Waals surface area contributed by atoms with Gasteiger partial charge in [0.25, 0.3) is 0 Å². The summed E-state index contributed by atoms with van der Waals surface area (Å²) in [7, 11) is 0.661. The van der Waals surface area contributed by atoms with Crippen LogP contribution in [0.25, 0.3) is 0 Å². The molecule has 0 amide bonds. The summed E-state index contributed by atoms with van der Waals surface area (Å²) in [6.07, 6.45) is 0. The highest BCUT2D eigenvalue weighted by Crippen LogP contribution is 2.32. The minimum absolute atomic E-state index is 0.0941. The molecule has 0 fully saturated rings. The monoisotopic (exact) mass is 353 g/mol. The van der Waals surface area contributed by atoms with Crippen molar-refractivity contribution >= 4 is 10.0 Å². The van der Waals surface area contributed by atoms with E-state index < -0.39 is 16.1 Å². The lowest BCUT2D eigenvalue weighted by Gasteiger charge is -2.25. The third-order valence-corrected chi connectivity index (χ3v) is 5.85. The summed E-state index contributed by atoms with van der Waals surface area (Å²) >= 11 is 0. The molecule has 0 aromatic heterocycles. The molecule has 2 aromatic rings. The third kappa shape index (κ3) is 3.52. The Kier molecular flexibility index (Phi) is 5.46. The maximum absolute atomic E-state index is 13.0. The fourth-order valence-corrected chi connectivity index (χ4v) is 3.67. The molecule has 0 saturated heterocycles. The van der Waals surface area contributed by atoms with Gasteiger partial charge < -0.3 is 9.47 Å². The zero-order valence-corrected chi connectivity index (χ0v) is 14.8. The van der Waals surface area contributed by atoms with Crippen molar-refractivity contribution in [3.63, 3.8) is 0 Å². The average Bonchev–Trinajstić information content (AvgIpc) is 2.60. The lowest BCUT2D eigenvalue weighted by molar-refractivity contribution is 0.353. The Labute approximate surface area is 141 Å². The van der Waals surface area contributed by atoms with Crippen molar-refractivity contribution in [1.82, 2.24) is 4.31 Å². The summed E-state index contributed by atoms with van der Waals surface area (Å²) in [5, 5.41) is 0. The molecule has 0 bridgehead atoms. The summed E-state index contributed by atoms with van der Waals surface area (Å²) in [6, 6.07) is 9.73. The normalized spacial score (nSPS) is 12.9. The van der Waals surface area contributed by atoms with Crippen LogP contribution in [-0.2, 0) is 10.0 Å². The van der Waals surface area contributed by atoms with E-state index in [0.717, 1.165) is 0 Å². The van der Waals surface area contributed by atoms with Crippen LogP contribution >= 0.6 is 0 Å². The second-order valence-electron chi connectivity index (χ2n) is 5.27. The first-order chi connectivity index (χ1) is 11.3. The Hall–Kier alpha value is -2.12. The summed E-state index contributed by atoms with van der Waals surface area (Å²) < 4.78 is 50.2. The third-order valence-electron chi connectivity index (χ3n) is 3.93. The van der Waals surface area contributed by atoms with Gasteiger partial charge in [0.05, 0.1) is 19.1 Å². The molecule has 5 nitrogen and oxygen atoms in total. The molecule has 0 saturated carbocycles. The quantitative estimate of drug-likeness (QED) is 0.800. The number of nitrogens with zero attached hydrogens (tertiary/aromatic N) is 1. The predicted octanol–water partition coefficient (Wildman–Crippen LogP) is 3.22. The van der Waals surface area contributed by atoms with Crippen LogP contribution in [0.3, 0.4) is 0 Å². The van der Waals surface area contributed by atoms with Gasteiger partial charge >= 0.3 is 0 Å². The molecule has 0 aliphatic carbocycles. The van der Waals surface area contributed by atoms with Crippen LogP contribution in [-0.4, -0.2) is 34.0 Å². The van der Waals surface area contributed by atoms with E-state index >= 15 is 0 Å². The summed E-state index contributed by atoms with van der Waals surface area (Å²) in [5.74, 6) is 0.420. The van der Waals surface area contributed by atoms with Crippen LogP contribution in [0.2, 0.25) is 0 Å². The highest BCUT2D eigenvalue weighted by atomic mass is 32.2. The molecule has 7 heteroatoms. The van der Waals surface area contributed by atoms with Crippen LogP contribution in [0, 0.1) is 5.82 Å². The Morgan fingerprint density at radius 3 is 2.12 bits per heavy atom. The van der Waals surface area contributed by atoms with E-state index in [0.29, 0.717) is 17.1 Å². The van der Waals surface area contributed by atoms with Crippen molar-refractivity contribution < 1.29 is 22.3 Å².